The van der Waals surface area contributed by atoms with Gasteiger partial charge in [-0.15, -0.1) is 18.3 Å². The van der Waals surface area contributed by atoms with E-state index in [1.807, 2.05) is 11.2 Å². The summed E-state index contributed by atoms with van der Waals surface area (Å²) in [5, 5.41) is 12.2. The Hall–Kier alpha value is -3.77. The smallest absolute Gasteiger partial charge is 0.475 e. The van der Waals surface area contributed by atoms with Gasteiger partial charge in [-0.25, -0.2) is 13.2 Å². The van der Waals surface area contributed by atoms with Gasteiger partial charge in [0.15, 0.2) is 9.84 Å². The largest absolute Gasteiger partial charge is 0.490 e. The van der Waals surface area contributed by atoms with E-state index in [-0.39, 0.29) is 16.3 Å². The number of alkyl halides is 6. The number of nitrogen functional groups attached to an aromatic ring is 1. The monoisotopic (exact) mass is 698 g/mol. The summed E-state index contributed by atoms with van der Waals surface area (Å²) >= 11 is 1.50. The molecule has 1 aliphatic rings. The lowest BCUT2D eigenvalue weighted by molar-refractivity contribution is -0.192. The average Bonchev–Trinajstić information content (AvgIpc) is 2.97. The number of carbonyl (C=O) groups is 3. The van der Waals surface area contributed by atoms with E-state index in [0.717, 1.165) is 17.0 Å². The Morgan fingerprint density at radius 2 is 1.72 bits per heavy atom. The van der Waals surface area contributed by atoms with Crippen LogP contribution >= 0.6 is 11.8 Å². The number of rotatable bonds is 10. The van der Waals surface area contributed by atoms with Crippen LogP contribution in [0.2, 0.25) is 0 Å². The van der Waals surface area contributed by atoms with Gasteiger partial charge in [0, 0.05) is 29.7 Å². The van der Waals surface area contributed by atoms with Crippen LogP contribution in [-0.2, 0) is 25.6 Å². The van der Waals surface area contributed by atoms with E-state index in [4.69, 9.17) is 15.6 Å². The molecule has 2 amide bonds. The second-order valence-electron chi connectivity index (χ2n) is 10.0. The standard InChI is InChI=1S/C26H31F3N4O4S2.C2HF3O2/c1-3-11-33-12-10-17(16-39(36,37)20-7-5-19(38-2)6-8-20)23(15-33)32-24(34)14-31-25(35)21-13-18(26(27,28)29)4-9-22(21)30;3-2(4,5)1(6)7/h3-9,13,17,23H,1,10-12,14-16,30H2,2H3,(H,31,35)(H,32,34);(H,6,7)/t17-,23-;/m0./s1. The first-order chi connectivity index (χ1) is 21.3. The molecule has 0 saturated carbocycles. The number of anilines is 1. The van der Waals surface area contributed by atoms with Crippen LogP contribution in [0.3, 0.4) is 0 Å². The molecule has 2 aromatic carbocycles. The molecule has 46 heavy (non-hydrogen) atoms. The van der Waals surface area contributed by atoms with Gasteiger partial charge in [-0.3, -0.25) is 14.5 Å². The van der Waals surface area contributed by atoms with E-state index < -0.39 is 69.6 Å². The average molecular weight is 699 g/mol. The molecule has 2 atom stereocenters. The molecule has 1 heterocycles. The highest BCUT2D eigenvalue weighted by Gasteiger charge is 2.38. The molecule has 0 aliphatic carbocycles. The Balaban J connectivity index is 0.000000942. The molecule has 0 bridgehead atoms. The third-order valence-corrected chi connectivity index (χ3v) is 9.30. The van der Waals surface area contributed by atoms with E-state index >= 15 is 0 Å². The Morgan fingerprint density at radius 1 is 1.11 bits per heavy atom. The second kappa shape index (κ2) is 16.2. The molecule has 10 nitrogen and oxygen atoms in total. The van der Waals surface area contributed by atoms with Crippen molar-refractivity contribution in [3.05, 3.63) is 66.2 Å². The highest BCUT2D eigenvalue weighted by Crippen LogP contribution is 2.31. The fraction of sp³-hybridized carbons (Fsp3) is 0.393. The van der Waals surface area contributed by atoms with Crippen molar-refractivity contribution in [3.8, 4) is 0 Å². The number of benzene rings is 2. The molecule has 0 radical (unpaired) electrons. The van der Waals surface area contributed by atoms with Crippen molar-refractivity contribution in [3.63, 3.8) is 0 Å². The van der Waals surface area contributed by atoms with E-state index in [2.05, 4.69) is 17.2 Å². The maximum atomic E-state index is 13.1. The zero-order valence-electron chi connectivity index (χ0n) is 24.3. The van der Waals surface area contributed by atoms with Gasteiger partial charge < -0.3 is 21.5 Å². The number of nitrogens with zero attached hydrogens (tertiary/aromatic N) is 1. The molecule has 2 aromatic rings. The summed E-state index contributed by atoms with van der Waals surface area (Å²) in [4.78, 5) is 37.3. The quantitative estimate of drug-likeness (QED) is 0.125. The Bertz CT molecular complexity index is 1500. The van der Waals surface area contributed by atoms with Crippen molar-refractivity contribution >= 4 is 45.1 Å². The zero-order valence-corrected chi connectivity index (χ0v) is 26.0. The summed E-state index contributed by atoms with van der Waals surface area (Å²) in [5.74, 6) is -4.86. The molecule has 1 saturated heterocycles. The Morgan fingerprint density at radius 3 is 2.24 bits per heavy atom. The number of nitrogens with two attached hydrogens (primary N) is 1. The van der Waals surface area contributed by atoms with Crippen molar-refractivity contribution in [2.75, 3.05) is 43.9 Å². The van der Waals surface area contributed by atoms with Gasteiger partial charge in [0.25, 0.3) is 5.91 Å². The number of nitrogens with one attached hydrogen (secondary N) is 2. The SMILES string of the molecule is C=CCN1CC[C@@H](CS(=O)(=O)c2ccc(SC)cc2)[C@@H](NC(=O)CNC(=O)c2cc(C(F)(F)F)ccc2N)C1.O=C(O)C(F)(F)F. The predicted molar refractivity (Wildman–Crippen MR) is 159 cm³/mol. The third-order valence-electron chi connectivity index (χ3n) is 6.70. The molecular weight excluding hydrogens is 666 g/mol. The molecule has 1 fully saturated rings. The highest BCUT2D eigenvalue weighted by molar-refractivity contribution is 7.98. The molecule has 0 aromatic heterocycles. The molecular formula is C28H32F6N4O6S2. The van der Waals surface area contributed by atoms with Gasteiger partial charge in [-0.2, -0.15) is 26.3 Å². The van der Waals surface area contributed by atoms with Crippen molar-refractivity contribution < 1.29 is 54.3 Å². The lowest BCUT2D eigenvalue weighted by atomic mass is 9.93. The maximum absolute atomic E-state index is 13.1. The number of carboxylic acid groups (broad SMARTS) is 1. The van der Waals surface area contributed by atoms with E-state index in [1.165, 1.54) is 11.8 Å². The maximum Gasteiger partial charge on any atom is 0.490 e. The number of piperidine rings is 1. The fourth-order valence-corrected chi connectivity index (χ4v) is 6.50. The van der Waals surface area contributed by atoms with Crippen LogP contribution in [0.4, 0.5) is 32.0 Å². The number of likely N-dealkylation sites (tertiary alicyclic amines) is 1. The second-order valence-corrected chi connectivity index (χ2v) is 12.9. The fourth-order valence-electron chi connectivity index (χ4n) is 4.38. The van der Waals surface area contributed by atoms with Gasteiger partial charge in [0.05, 0.1) is 28.3 Å². The summed E-state index contributed by atoms with van der Waals surface area (Å²) in [6.45, 7) is 4.74. The summed E-state index contributed by atoms with van der Waals surface area (Å²) in [5.41, 5.74) is 4.07. The summed E-state index contributed by atoms with van der Waals surface area (Å²) in [6, 6.07) is 8.45. The minimum absolute atomic E-state index is 0.163. The lowest BCUT2D eigenvalue weighted by Crippen LogP contribution is -2.55. The number of halogens is 6. The number of sulfone groups is 1. The lowest BCUT2D eigenvalue weighted by Gasteiger charge is -2.38. The molecule has 5 N–H and O–H groups in total. The summed E-state index contributed by atoms with van der Waals surface area (Å²) < 4.78 is 97.1. The zero-order chi connectivity index (χ0) is 34.9. The van der Waals surface area contributed by atoms with Crippen LogP contribution in [-0.4, -0.2) is 86.6 Å². The summed E-state index contributed by atoms with van der Waals surface area (Å²) in [6.07, 6.45) is -5.63. The molecule has 18 heteroatoms. The first kappa shape index (κ1) is 38.4. The number of hydrogen-bond acceptors (Lipinski definition) is 8. The van der Waals surface area contributed by atoms with Crippen molar-refractivity contribution in [2.24, 2.45) is 5.92 Å². The number of carbonyl (C=O) groups excluding carboxylic acids is 2. The molecule has 0 unspecified atom stereocenters. The minimum atomic E-state index is -5.08. The predicted octanol–water partition coefficient (Wildman–Crippen LogP) is 3.84. The third kappa shape index (κ3) is 11.5. The molecule has 1 aliphatic heterocycles. The van der Waals surface area contributed by atoms with Gasteiger partial charge >= 0.3 is 18.3 Å². The van der Waals surface area contributed by atoms with E-state index in [0.29, 0.717) is 32.1 Å². The minimum Gasteiger partial charge on any atom is -0.475 e. The van der Waals surface area contributed by atoms with Crippen LogP contribution < -0.4 is 16.4 Å². The number of aliphatic carboxylic acids is 1. The number of carboxylic acids is 1. The van der Waals surface area contributed by atoms with Crippen LogP contribution in [0.15, 0.2) is 64.9 Å². The van der Waals surface area contributed by atoms with Crippen LogP contribution in [0.5, 0.6) is 0 Å². The first-order valence-corrected chi connectivity index (χ1v) is 16.2. The van der Waals surface area contributed by atoms with Gasteiger partial charge in [0.2, 0.25) is 5.91 Å². The van der Waals surface area contributed by atoms with Crippen LogP contribution in [0.1, 0.15) is 22.3 Å². The molecule has 3 rings (SSSR count). The Labute approximate surface area is 265 Å². The first-order valence-electron chi connectivity index (χ1n) is 13.3. The van der Waals surface area contributed by atoms with Crippen LogP contribution in [0, 0.1) is 5.92 Å². The van der Waals surface area contributed by atoms with Gasteiger partial charge in [-0.1, -0.05) is 6.08 Å². The normalized spacial score (nSPS) is 17.3. The highest BCUT2D eigenvalue weighted by atomic mass is 32.2. The van der Waals surface area contributed by atoms with Gasteiger partial charge in [0.1, 0.15) is 0 Å². The number of amides is 2. The van der Waals surface area contributed by atoms with Gasteiger partial charge in [-0.05, 0) is 67.6 Å². The Kier molecular flexibility index (Phi) is 13.5. The molecule has 254 valence electrons. The van der Waals surface area contributed by atoms with Crippen molar-refractivity contribution in [1.82, 2.24) is 15.5 Å². The van der Waals surface area contributed by atoms with Crippen molar-refractivity contribution in [2.45, 2.75) is 34.6 Å². The topological polar surface area (TPSA) is 159 Å². The van der Waals surface area contributed by atoms with Crippen LogP contribution in [0.25, 0.3) is 0 Å². The number of thioether (sulfide) groups is 1. The number of hydrogen-bond donors (Lipinski definition) is 4. The molecule has 0 spiro atoms. The van der Waals surface area contributed by atoms with E-state index in [1.54, 1.807) is 30.3 Å². The van der Waals surface area contributed by atoms with Crippen molar-refractivity contribution in [1.29, 1.82) is 0 Å². The summed E-state index contributed by atoms with van der Waals surface area (Å²) in [7, 11) is -3.64. The van der Waals surface area contributed by atoms with E-state index in [9.17, 15) is 44.3 Å².